The van der Waals surface area contributed by atoms with Gasteiger partial charge in [-0.3, -0.25) is 19.5 Å². The molecule has 6 rings (SSSR count). The number of rotatable bonds is 9. The van der Waals surface area contributed by atoms with Crippen molar-refractivity contribution in [2.24, 2.45) is 11.1 Å². The van der Waals surface area contributed by atoms with Crippen molar-refractivity contribution in [1.29, 1.82) is 0 Å². The first-order chi connectivity index (χ1) is 19.8. The molecule has 0 atom stereocenters. The second kappa shape index (κ2) is 10.5. The van der Waals surface area contributed by atoms with Crippen molar-refractivity contribution < 1.29 is 23.1 Å². The fourth-order valence-corrected chi connectivity index (χ4v) is 5.08. The van der Waals surface area contributed by atoms with Gasteiger partial charge in [-0.15, -0.1) is 0 Å². The van der Waals surface area contributed by atoms with Crippen LogP contribution in [-0.2, 0) is 9.59 Å². The van der Waals surface area contributed by atoms with Crippen LogP contribution in [0.5, 0.6) is 11.5 Å². The molecule has 5 aromatic rings. The van der Waals surface area contributed by atoms with Gasteiger partial charge in [0.25, 0.3) is 0 Å². The number of primary amides is 1. The van der Waals surface area contributed by atoms with Gasteiger partial charge in [-0.25, -0.2) is 13.3 Å². The van der Waals surface area contributed by atoms with E-state index in [4.69, 9.17) is 10.5 Å². The second-order valence-electron chi connectivity index (χ2n) is 10.2. The number of amides is 2. The Labute approximate surface area is 234 Å². The maximum absolute atomic E-state index is 15.6. The molecule has 1 fully saturated rings. The Morgan fingerprint density at radius 3 is 2.32 bits per heavy atom. The van der Waals surface area contributed by atoms with Gasteiger partial charge in [0.2, 0.25) is 11.8 Å². The molecule has 0 radical (unpaired) electrons. The predicted molar refractivity (Wildman–Crippen MR) is 149 cm³/mol. The van der Waals surface area contributed by atoms with Crippen molar-refractivity contribution in [2.45, 2.75) is 25.7 Å². The van der Waals surface area contributed by atoms with Crippen LogP contribution >= 0.6 is 0 Å². The molecule has 0 aliphatic heterocycles. The van der Waals surface area contributed by atoms with E-state index in [-0.39, 0.29) is 30.2 Å². The largest absolute Gasteiger partial charge is 0.452 e. The minimum atomic E-state index is -0.701. The Balaban J connectivity index is 1.33. The topological polar surface area (TPSA) is 103 Å². The normalized spacial score (nSPS) is 13.6. The van der Waals surface area contributed by atoms with Gasteiger partial charge < -0.3 is 10.5 Å². The predicted octanol–water partition coefficient (Wildman–Crippen LogP) is 6.18. The molecule has 10 heteroatoms. The van der Waals surface area contributed by atoms with E-state index >= 15 is 4.39 Å². The summed E-state index contributed by atoms with van der Waals surface area (Å²) in [4.78, 5) is 30.5. The summed E-state index contributed by atoms with van der Waals surface area (Å²) in [5.74, 6) is -1.66. The molecule has 2 amide bonds. The number of halogens is 2. The van der Waals surface area contributed by atoms with E-state index in [0.29, 0.717) is 29.8 Å². The number of hydrogen-bond acceptors (Lipinski definition) is 5. The lowest BCUT2D eigenvalue weighted by atomic mass is 9.96. The number of aromatic nitrogens is 3. The molecule has 8 nitrogen and oxygen atoms in total. The Morgan fingerprint density at radius 2 is 1.63 bits per heavy atom. The number of pyridine rings is 1. The van der Waals surface area contributed by atoms with Gasteiger partial charge in [-0.2, -0.15) is 5.10 Å². The first-order valence-corrected chi connectivity index (χ1v) is 13.0. The van der Waals surface area contributed by atoms with Gasteiger partial charge in [0.1, 0.15) is 11.3 Å². The van der Waals surface area contributed by atoms with Crippen LogP contribution in [0.1, 0.15) is 25.7 Å². The summed E-state index contributed by atoms with van der Waals surface area (Å²) < 4.78 is 37.0. The molecule has 0 bridgehead atoms. The van der Waals surface area contributed by atoms with Crippen LogP contribution in [0, 0.1) is 17.0 Å². The fourth-order valence-electron chi connectivity index (χ4n) is 5.08. The quantitative estimate of drug-likeness (QED) is 0.235. The van der Waals surface area contributed by atoms with Gasteiger partial charge in [-0.1, -0.05) is 0 Å². The van der Waals surface area contributed by atoms with Crippen molar-refractivity contribution in [3.8, 4) is 22.6 Å². The number of carbonyl (C=O) groups excluding carboxylic acids is 2. The first kappa shape index (κ1) is 26.1. The van der Waals surface area contributed by atoms with E-state index in [0.717, 1.165) is 11.1 Å². The minimum absolute atomic E-state index is 0.0498. The molecule has 1 aliphatic carbocycles. The molecule has 1 saturated carbocycles. The number of benzene rings is 2. The zero-order valence-electron chi connectivity index (χ0n) is 21.8. The Morgan fingerprint density at radius 1 is 0.902 bits per heavy atom. The number of hydrogen-bond donors (Lipinski definition) is 1. The molecule has 206 valence electrons. The Bertz CT molecular complexity index is 1750. The van der Waals surface area contributed by atoms with E-state index < -0.39 is 23.0 Å². The third-order valence-electron chi connectivity index (χ3n) is 7.27. The molecule has 3 heterocycles. The first-order valence-electron chi connectivity index (χ1n) is 13.0. The SMILES string of the molecule is NC(=O)CC1(CC(=O)N(c2ccc(F)cc2)c2ccc(Oc3ccnn4ccc(-c5ccncc5)c34)c(F)c2)CC1. The average Bonchev–Trinajstić information content (AvgIpc) is 3.54. The number of nitrogens with two attached hydrogens (primary N) is 1. The molecular weight excluding hydrogens is 528 g/mol. The minimum Gasteiger partial charge on any atom is -0.452 e. The highest BCUT2D eigenvalue weighted by Crippen LogP contribution is 2.52. The monoisotopic (exact) mass is 553 g/mol. The van der Waals surface area contributed by atoms with Crippen LogP contribution in [0.3, 0.4) is 0 Å². The van der Waals surface area contributed by atoms with Crippen molar-refractivity contribution >= 4 is 28.7 Å². The van der Waals surface area contributed by atoms with Gasteiger partial charge in [0.15, 0.2) is 17.3 Å². The molecular formula is C31H25F2N5O3. The van der Waals surface area contributed by atoms with E-state index in [2.05, 4.69) is 10.1 Å². The maximum Gasteiger partial charge on any atom is 0.232 e. The highest BCUT2D eigenvalue weighted by molar-refractivity contribution is 6.01. The molecule has 3 aromatic heterocycles. The molecule has 2 aromatic carbocycles. The van der Waals surface area contributed by atoms with E-state index in [1.807, 2.05) is 18.2 Å². The average molecular weight is 554 g/mol. The number of carbonyl (C=O) groups is 2. The van der Waals surface area contributed by atoms with Gasteiger partial charge in [-0.05, 0) is 78.4 Å². The summed E-state index contributed by atoms with van der Waals surface area (Å²) in [5, 5.41) is 4.33. The van der Waals surface area contributed by atoms with E-state index in [1.54, 1.807) is 41.4 Å². The second-order valence-corrected chi connectivity index (χ2v) is 10.2. The van der Waals surface area contributed by atoms with E-state index in [9.17, 15) is 14.0 Å². The lowest BCUT2D eigenvalue weighted by molar-refractivity contribution is -0.121. The van der Waals surface area contributed by atoms with Crippen LogP contribution in [0.15, 0.2) is 91.5 Å². The number of anilines is 2. The number of nitrogens with zero attached hydrogens (tertiary/aromatic N) is 4. The summed E-state index contributed by atoms with van der Waals surface area (Å²) in [6.45, 7) is 0. The maximum atomic E-state index is 15.6. The summed E-state index contributed by atoms with van der Waals surface area (Å²) >= 11 is 0. The smallest absolute Gasteiger partial charge is 0.232 e. The fraction of sp³-hybridized carbons (Fsp3) is 0.161. The van der Waals surface area contributed by atoms with Gasteiger partial charge in [0, 0.05) is 54.8 Å². The van der Waals surface area contributed by atoms with Gasteiger partial charge in [0.05, 0.1) is 11.9 Å². The number of fused-ring (bicyclic) bond motifs is 1. The highest BCUT2D eigenvalue weighted by Gasteiger charge is 2.46. The lowest BCUT2D eigenvalue weighted by Crippen LogP contribution is -2.30. The third-order valence-corrected chi connectivity index (χ3v) is 7.27. The van der Waals surface area contributed by atoms with Crippen LogP contribution in [0.25, 0.3) is 16.6 Å². The summed E-state index contributed by atoms with van der Waals surface area (Å²) in [6.07, 6.45) is 8.24. The zero-order valence-corrected chi connectivity index (χ0v) is 21.8. The zero-order chi connectivity index (χ0) is 28.6. The summed E-state index contributed by atoms with van der Waals surface area (Å²) in [5.41, 5.74) is 7.89. The van der Waals surface area contributed by atoms with Crippen molar-refractivity contribution in [2.75, 3.05) is 4.90 Å². The van der Waals surface area contributed by atoms with E-state index in [1.165, 1.54) is 41.3 Å². The van der Waals surface area contributed by atoms with Crippen LogP contribution < -0.4 is 15.4 Å². The Kier molecular flexibility index (Phi) is 6.66. The highest BCUT2D eigenvalue weighted by atomic mass is 19.1. The summed E-state index contributed by atoms with van der Waals surface area (Å²) in [7, 11) is 0. The van der Waals surface area contributed by atoms with Crippen molar-refractivity contribution in [1.82, 2.24) is 14.6 Å². The molecule has 1 aliphatic rings. The van der Waals surface area contributed by atoms with Crippen molar-refractivity contribution in [3.05, 3.63) is 103 Å². The van der Waals surface area contributed by atoms with Crippen molar-refractivity contribution in [3.63, 3.8) is 0 Å². The molecule has 2 N–H and O–H groups in total. The standard InChI is InChI=1S/C31H25F2N5O3/c32-21-1-3-22(4-2-21)38(29(40)19-31(11-12-31)18-28(34)39)23-5-6-26(25(33)17-23)41-27-9-15-36-37-16-10-24(30(27)37)20-7-13-35-14-8-20/h1-10,13-17H,11-12,18-19H2,(H2,34,39). The molecule has 0 unspecified atom stereocenters. The Hall–Kier alpha value is -5.12. The third kappa shape index (κ3) is 5.36. The molecule has 41 heavy (non-hydrogen) atoms. The van der Waals surface area contributed by atoms with Crippen LogP contribution in [0.4, 0.5) is 20.2 Å². The summed E-state index contributed by atoms with van der Waals surface area (Å²) in [6, 6.07) is 16.8. The van der Waals surface area contributed by atoms with Crippen LogP contribution in [-0.4, -0.2) is 26.4 Å². The molecule has 0 spiro atoms. The van der Waals surface area contributed by atoms with Crippen LogP contribution in [0.2, 0.25) is 0 Å². The lowest BCUT2D eigenvalue weighted by Gasteiger charge is -2.25. The molecule has 0 saturated heterocycles. The van der Waals surface area contributed by atoms with Gasteiger partial charge >= 0.3 is 0 Å². The number of ether oxygens (including phenoxy) is 1.